The van der Waals surface area contributed by atoms with Gasteiger partial charge in [0.1, 0.15) is 17.5 Å². The van der Waals surface area contributed by atoms with E-state index >= 15 is 0 Å². The van der Waals surface area contributed by atoms with E-state index in [0.29, 0.717) is 16.8 Å². The highest BCUT2D eigenvalue weighted by Gasteiger charge is 2.17. The molecule has 0 spiro atoms. The highest BCUT2D eigenvalue weighted by atomic mass is 15.3. The van der Waals surface area contributed by atoms with Crippen LogP contribution in [0.25, 0.3) is 28.2 Å². The smallest absolute Gasteiger partial charge is 0.142 e. The van der Waals surface area contributed by atoms with Gasteiger partial charge in [0, 0.05) is 23.5 Å². The third-order valence-electron chi connectivity index (χ3n) is 3.97. The van der Waals surface area contributed by atoms with Crippen LogP contribution < -0.4 is 5.73 Å². The van der Waals surface area contributed by atoms with Gasteiger partial charge in [-0.2, -0.15) is 10.4 Å². The molecule has 3 heterocycles. The normalized spacial score (nSPS) is 10.5. The average Bonchev–Trinajstić information content (AvgIpc) is 3.33. The summed E-state index contributed by atoms with van der Waals surface area (Å²) in [4.78, 5) is 7.37. The molecule has 0 saturated carbocycles. The largest absolute Gasteiger partial charge is 0.383 e. The predicted octanol–water partition coefficient (Wildman–Crippen LogP) is 3.38. The SMILES string of the molecule is N#Cc1c(-c2ccnn2-c2ccccc2)cc(-c2cc[nH]c2)nc1N. The zero-order chi connectivity index (χ0) is 17.2. The summed E-state index contributed by atoms with van der Waals surface area (Å²) in [5.74, 6) is 0.206. The monoisotopic (exact) mass is 326 g/mol. The lowest BCUT2D eigenvalue weighted by Gasteiger charge is -2.11. The highest BCUT2D eigenvalue weighted by Crippen LogP contribution is 2.32. The number of nitrogens with one attached hydrogen (secondary N) is 1. The number of anilines is 1. The van der Waals surface area contributed by atoms with Gasteiger partial charge in [-0.3, -0.25) is 0 Å². The van der Waals surface area contributed by atoms with Gasteiger partial charge in [0.2, 0.25) is 0 Å². The first-order valence-corrected chi connectivity index (χ1v) is 7.71. The summed E-state index contributed by atoms with van der Waals surface area (Å²) in [5.41, 5.74) is 10.4. The fourth-order valence-corrected chi connectivity index (χ4v) is 2.80. The Hall–Kier alpha value is -3.85. The number of hydrogen-bond donors (Lipinski definition) is 2. The first kappa shape index (κ1) is 14.7. The van der Waals surface area contributed by atoms with Crippen LogP contribution in [-0.2, 0) is 0 Å². The molecule has 0 aliphatic rings. The Morgan fingerprint density at radius 3 is 2.68 bits per heavy atom. The average molecular weight is 326 g/mol. The van der Waals surface area contributed by atoms with Crippen molar-refractivity contribution in [3.8, 4) is 34.3 Å². The van der Waals surface area contributed by atoms with Crippen molar-refractivity contribution in [2.24, 2.45) is 0 Å². The lowest BCUT2D eigenvalue weighted by molar-refractivity contribution is 0.887. The number of pyridine rings is 1. The van der Waals surface area contributed by atoms with Crippen LogP contribution >= 0.6 is 0 Å². The van der Waals surface area contributed by atoms with Crippen LogP contribution in [0.4, 0.5) is 5.82 Å². The van der Waals surface area contributed by atoms with Crippen LogP contribution in [0.5, 0.6) is 0 Å². The molecule has 4 rings (SSSR count). The van der Waals surface area contributed by atoms with Crippen molar-refractivity contribution in [2.45, 2.75) is 0 Å². The maximum Gasteiger partial charge on any atom is 0.142 e. The molecule has 6 heteroatoms. The molecule has 0 aliphatic heterocycles. The molecule has 0 amide bonds. The van der Waals surface area contributed by atoms with E-state index < -0.39 is 0 Å². The number of hydrogen-bond acceptors (Lipinski definition) is 4. The van der Waals surface area contributed by atoms with Gasteiger partial charge in [0.05, 0.1) is 23.3 Å². The van der Waals surface area contributed by atoms with Gasteiger partial charge >= 0.3 is 0 Å². The number of nitriles is 1. The minimum absolute atomic E-state index is 0.206. The molecule has 0 aliphatic carbocycles. The van der Waals surface area contributed by atoms with Crippen LogP contribution in [0, 0.1) is 11.3 Å². The summed E-state index contributed by atoms with van der Waals surface area (Å²) in [7, 11) is 0. The standard InChI is InChI=1S/C19H14N6/c20-11-16-15(10-17(24-19(16)21)13-6-8-22-12-13)18-7-9-23-25(18)14-4-2-1-3-5-14/h1-10,12,22H,(H2,21,24). The molecular weight excluding hydrogens is 312 g/mol. The molecule has 4 aromatic rings. The number of aromatic nitrogens is 4. The second-order valence-electron chi connectivity index (χ2n) is 5.49. The first-order valence-electron chi connectivity index (χ1n) is 7.71. The number of nitrogen functional groups attached to an aromatic ring is 1. The Morgan fingerprint density at radius 1 is 1.12 bits per heavy atom. The predicted molar refractivity (Wildman–Crippen MR) is 95.7 cm³/mol. The molecule has 120 valence electrons. The molecule has 0 saturated heterocycles. The van der Waals surface area contributed by atoms with Gasteiger partial charge in [0.25, 0.3) is 0 Å². The summed E-state index contributed by atoms with van der Waals surface area (Å²) >= 11 is 0. The zero-order valence-electron chi connectivity index (χ0n) is 13.2. The molecular formula is C19H14N6. The molecule has 0 bridgehead atoms. The fraction of sp³-hybridized carbons (Fsp3) is 0. The van der Waals surface area contributed by atoms with E-state index in [9.17, 15) is 5.26 Å². The van der Waals surface area contributed by atoms with Gasteiger partial charge in [-0.1, -0.05) is 18.2 Å². The summed E-state index contributed by atoms with van der Waals surface area (Å²) in [6.45, 7) is 0. The maximum atomic E-state index is 9.58. The van der Waals surface area contributed by atoms with Crippen LogP contribution in [0.2, 0.25) is 0 Å². The van der Waals surface area contributed by atoms with Gasteiger partial charge in [-0.15, -0.1) is 0 Å². The number of H-pyrrole nitrogens is 1. The van der Waals surface area contributed by atoms with E-state index in [4.69, 9.17) is 5.73 Å². The van der Waals surface area contributed by atoms with Gasteiger partial charge < -0.3 is 10.7 Å². The molecule has 0 radical (unpaired) electrons. The molecule has 1 aromatic carbocycles. The topological polar surface area (TPSA) is 96.3 Å². The lowest BCUT2D eigenvalue weighted by atomic mass is 10.0. The molecule has 6 nitrogen and oxygen atoms in total. The van der Waals surface area contributed by atoms with Crippen molar-refractivity contribution in [2.75, 3.05) is 5.73 Å². The van der Waals surface area contributed by atoms with E-state index in [1.54, 1.807) is 10.9 Å². The van der Waals surface area contributed by atoms with Crippen molar-refractivity contribution < 1.29 is 0 Å². The zero-order valence-corrected chi connectivity index (χ0v) is 13.2. The molecule has 3 aromatic heterocycles. The second-order valence-corrected chi connectivity index (χ2v) is 5.49. The van der Waals surface area contributed by atoms with Gasteiger partial charge in [-0.25, -0.2) is 9.67 Å². The third-order valence-corrected chi connectivity index (χ3v) is 3.97. The fourth-order valence-electron chi connectivity index (χ4n) is 2.80. The number of nitrogens with zero attached hydrogens (tertiary/aromatic N) is 4. The molecule has 0 fully saturated rings. The summed E-state index contributed by atoms with van der Waals surface area (Å²) in [5, 5.41) is 14.0. The van der Waals surface area contributed by atoms with Crippen LogP contribution in [0.1, 0.15) is 5.56 Å². The quantitative estimate of drug-likeness (QED) is 0.603. The molecule has 25 heavy (non-hydrogen) atoms. The minimum atomic E-state index is 0.206. The van der Waals surface area contributed by atoms with Crippen LogP contribution in [-0.4, -0.2) is 19.7 Å². The number of nitrogens with two attached hydrogens (primary N) is 1. The summed E-state index contributed by atoms with van der Waals surface area (Å²) in [6, 6.07) is 17.6. The molecule has 0 unspecified atom stereocenters. The number of benzene rings is 1. The van der Waals surface area contributed by atoms with E-state index in [2.05, 4.69) is 21.1 Å². The number of para-hydroxylation sites is 1. The van der Waals surface area contributed by atoms with E-state index in [-0.39, 0.29) is 5.82 Å². The number of aromatic amines is 1. The first-order chi connectivity index (χ1) is 12.3. The van der Waals surface area contributed by atoms with Gasteiger partial charge in [-0.05, 0) is 30.3 Å². The summed E-state index contributed by atoms with van der Waals surface area (Å²) < 4.78 is 1.79. The van der Waals surface area contributed by atoms with Crippen molar-refractivity contribution in [1.29, 1.82) is 5.26 Å². The van der Waals surface area contributed by atoms with Crippen molar-refractivity contribution in [1.82, 2.24) is 19.7 Å². The van der Waals surface area contributed by atoms with E-state index in [1.807, 2.05) is 60.9 Å². The van der Waals surface area contributed by atoms with Gasteiger partial charge in [0.15, 0.2) is 0 Å². The van der Waals surface area contributed by atoms with E-state index in [0.717, 1.165) is 16.9 Å². The van der Waals surface area contributed by atoms with Crippen LogP contribution in [0.15, 0.2) is 67.1 Å². The van der Waals surface area contributed by atoms with Crippen molar-refractivity contribution in [3.05, 3.63) is 72.7 Å². The lowest BCUT2D eigenvalue weighted by Crippen LogP contribution is -2.03. The Balaban J connectivity index is 1.95. The maximum absolute atomic E-state index is 9.58. The van der Waals surface area contributed by atoms with Crippen molar-refractivity contribution >= 4 is 5.82 Å². The highest BCUT2D eigenvalue weighted by molar-refractivity contribution is 5.79. The summed E-state index contributed by atoms with van der Waals surface area (Å²) in [6.07, 6.45) is 5.36. The van der Waals surface area contributed by atoms with Crippen molar-refractivity contribution in [3.63, 3.8) is 0 Å². The molecule has 0 atom stereocenters. The van der Waals surface area contributed by atoms with E-state index in [1.165, 1.54) is 0 Å². The Morgan fingerprint density at radius 2 is 1.96 bits per heavy atom. The third kappa shape index (κ3) is 2.54. The second kappa shape index (κ2) is 5.98. The molecule has 3 N–H and O–H groups in total. The Kier molecular flexibility index (Phi) is 3.52. The van der Waals surface area contributed by atoms with Crippen LogP contribution in [0.3, 0.4) is 0 Å². The Labute approximate surface area is 144 Å². The Bertz CT molecular complexity index is 1060. The minimum Gasteiger partial charge on any atom is -0.383 e. The number of rotatable bonds is 3.